The third kappa shape index (κ3) is 4.03. The zero-order valence-corrected chi connectivity index (χ0v) is 11.9. The first-order chi connectivity index (χ1) is 8.35. The van der Waals surface area contributed by atoms with Crippen LogP contribution >= 0.6 is 0 Å². The molecule has 6 heteroatoms. The van der Waals surface area contributed by atoms with Gasteiger partial charge in [-0.05, 0) is 34.9 Å². The number of nitrogens with zero attached hydrogens (tertiary/aromatic N) is 3. The summed E-state index contributed by atoms with van der Waals surface area (Å²) in [7, 11) is 4.11. The molecule has 0 unspecified atom stereocenters. The largest absolute Gasteiger partial charge is 0.370 e. The number of rotatable bonds is 6. The number of hydrogen-bond donors (Lipinski definition) is 3. The van der Waals surface area contributed by atoms with E-state index in [9.17, 15) is 0 Å². The van der Waals surface area contributed by atoms with Crippen LogP contribution in [0.5, 0.6) is 0 Å². The summed E-state index contributed by atoms with van der Waals surface area (Å²) in [4.78, 5) is 10.4. The number of hydrogen-bond acceptors (Lipinski definition) is 6. The van der Waals surface area contributed by atoms with E-state index < -0.39 is 0 Å². The second-order valence-electron chi connectivity index (χ2n) is 5.09. The molecular weight excluding hydrogens is 228 g/mol. The molecule has 0 aliphatic carbocycles. The van der Waals surface area contributed by atoms with E-state index in [1.54, 1.807) is 0 Å². The van der Waals surface area contributed by atoms with Crippen molar-refractivity contribution in [3.05, 3.63) is 6.07 Å². The summed E-state index contributed by atoms with van der Waals surface area (Å²) in [5, 5.41) is 6.42. The molecule has 1 aromatic rings. The van der Waals surface area contributed by atoms with Crippen molar-refractivity contribution < 1.29 is 0 Å². The first-order valence-corrected chi connectivity index (χ1v) is 6.15. The molecule has 1 rings (SSSR count). The molecule has 0 aliphatic rings. The van der Waals surface area contributed by atoms with Gasteiger partial charge >= 0.3 is 0 Å². The molecule has 0 spiro atoms. The highest BCUT2D eigenvalue weighted by Gasteiger charge is 2.20. The van der Waals surface area contributed by atoms with Gasteiger partial charge in [-0.25, -0.2) is 0 Å². The van der Waals surface area contributed by atoms with E-state index in [4.69, 9.17) is 5.73 Å². The van der Waals surface area contributed by atoms with Crippen molar-refractivity contribution in [1.82, 2.24) is 14.9 Å². The Bertz CT molecular complexity index is 388. The number of likely N-dealkylation sites (N-methyl/N-ethyl adjacent to an activating group) is 1. The predicted octanol–water partition coefficient (Wildman–Crippen LogP) is 1.24. The quantitative estimate of drug-likeness (QED) is 0.707. The molecule has 1 aromatic heterocycles. The van der Waals surface area contributed by atoms with E-state index in [-0.39, 0.29) is 11.5 Å². The fraction of sp³-hybridized carbons (Fsp3) is 0.667. The number of nitrogens with two attached hydrogens (primary N) is 1. The number of nitrogen functional groups attached to an aromatic ring is 1. The fourth-order valence-electron chi connectivity index (χ4n) is 1.29. The van der Waals surface area contributed by atoms with Gasteiger partial charge in [0.05, 0.1) is 0 Å². The lowest BCUT2D eigenvalue weighted by atomic mass is 10.0. The summed E-state index contributed by atoms with van der Waals surface area (Å²) in [6, 6.07) is 1.87. The van der Waals surface area contributed by atoms with Crippen LogP contribution in [-0.4, -0.2) is 47.6 Å². The third-order valence-corrected chi connectivity index (χ3v) is 3.01. The Morgan fingerprint density at radius 1 is 1.22 bits per heavy atom. The van der Waals surface area contributed by atoms with Crippen molar-refractivity contribution in [2.24, 2.45) is 0 Å². The Balaban J connectivity index is 2.73. The van der Waals surface area contributed by atoms with E-state index in [1.165, 1.54) is 0 Å². The molecule has 0 amide bonds. The lowest BCUT2D eigenvalue weighted by molar-refractivity contribution is 0.210. The van der Waals surface area contributed by atoms with Crippen LogP contribution in [0.25, 0.3) is 0 Å². The summed E-state index contributed by atoms with van der Waals surface area (Å²) in [6.45, 7) is 7.92. The Kier molecular flexibility index (Phi) is 4.72. The number of anilines is 3. The van der Waals surface area contributed by atoms with Gasteiger partial charge < -0.3 is 21.3 Å². The Morgan fingerprint density at radius 3 is 2.28 bits per heavy atom. The van der Waals surface area contributed by atoms with Crippen molar-refractivity contribution in [2.45, 2.75) is 26.3 Å². The zero-order chi connectivity index (χ0) is 13.8. The second-order valence-corrected chi connectivity index (χ2v) is 5.09. The maximum atomic E-state index is 5.68. The molecule has 6 nitrogen and oxygen atoms in total. The normalized spacial score (nSPS) is 11.7. The topological polar surface area (TPSA) is 79.1 Å². The van der Waals surface area contributed by atoms with Gasteiger partial charge in [-0.1, -0.05) is 0 Å². The standard InChI is InChI=1S/C12H24N6/c1-6-14-9-7-10(17-11(13)16-9)15-8-12(2,3)18(4)5/h7H,6,8H2,1-5H3,(H4,13,14,15,16,17). The summed E-state index contributed by atoms with van der Waals surface area (Å²) >= 11 is 0. The highest BCUT2D eigenvalue weighted by Crippen LogP contribution is 2.15. The molecule has 102 valence electrons. The molecular formula is C12H24N6. The Labute approximate surface area is 109 Å². The highest BCUT2D eigenvalue weighted by molar-refractivity contribution is 5.51. The van der Waals surface area contributed by atoms with Crippen LogP contribution in [0, 0.1) is 0 Å². The van der Waals surface area contributed by atoms with Crippen LogP contribution in [-0.2, 0) is 0 Å². The van der Waals surface area contributed by atoms with Gasteiger partial charge in [0.1, 0.15) is 11.6 Å². The van der Waals surface area contributed by atoms with Gasteiger partial charge in [0.15, 0.2) is 0 Å². The lowest BCUT2D eigenvalue weighted by Gasteiger charge is -2.32. The third-order valence-electron chi connectivity index (χ3n) is 3.01. The Morgan fingerprint density at radius 2 is 1.78 bits per heavy atom. The minimum Gasteiger partial charge on any atom is -0.370 e. The summed E-state index contributed by atoms with van der Waals surface area (Å²) in [6.07, 6.45) is 0. The number of nitrogens with one attached hydrogen (secondary N) is 2. The lowest BCUT2D eigenvalue weighted by Crippen LogP contribution is -2.44. The molecule has 0 aliphatic heterocycles. The monoisotopic (exact) mass is 252 g/mol. The first kappa shape index (κ1) is 14.5. The van der Waals surface area contributed by atoms with E-state index in [2.05, 4.69) is 53.4 Å². The number of aromatic nitrogens is 2. The minimum atomic E-state index is 0.0397. The van der Waals surface area contributed by atoms with Crippen LogP contribution in [0.1, 0.15) is 20.8 Å². The SMILES string of the molecule is CCNc1cc(NCC(C)(C)N(C)C)nc(N)n1. The van der Waals surface area contributed by atoms with Gasteiger partial charge in [0.2, 0.25) is 5.95 Å². The van der Waals surface area contributed by atoms with Gasteiger partial charge in [0, 0.05) is 24.7 Å². The van der Waals surface area contributed by atoms with Gasteiger partial charge in [0.25, 0.3) is 0 Å². The average Bonchev–Trinajstić information content (AvgIpc) is 2.26. The molecule has 0 saturated heterocycles. The molecule has 0 radical (unpaired) electrons. The summed E-state index contributed by atoms with van der Waals surface area (Å²) < 4.78 is 0. The molecule has 0 saturated carbocycles. The van der Waals surface area contributed by atoms with Crippen molar-refractivity contribution in [1.29, 1.82) is 0 Å². The van der Waals surface area contributed by atoms with Crippen molar-refractivity contribution in [3.8, 4) is 0 Å². The van der Waals surface area contributed by atoms with Crippen molar-refractivity contribution in [3.63, 3.8) is 0 Å². The molecule has 1 heterocycles. The zero-order valence-electron chi connectivity index (χ0n) is 11.9. The van der Waals surface area contributed by atoms with E-state index in [0.717, 1.165) is 24.7 Å². The van der Waals surface area contributed by atoms with Crippen LogP contribution in [0.15, 0.2) is 6.07 Å². The summed E-state index contributed by atoms with van der Waals surface area (Å²) in [5.74, 6) is 1.77. The maximum Gasteiger partial charge on any atom is 0.223 e. The van der Waals surface area contributed by atoms with Gasteiger partial charge in [-0.15, -0.1) is 0 Å². The van der Waals surface area contributed by atoms with Crippen LogP contribution in [0.4, 0.5) is 17.6 Å². The van der Waals surface area contributed by atoms with E-state index in [1.807, 2.05) is 13.0 Å². The highest BCUT2D eigenvalue weighted by atomic mass is 15.2. The van der Waals surface area contributed by atoms with Gasteiger partial charge in [-0.2, -0.15) is 9.97 Å². The fourth-order valence-corrected chi connectivity index (χ4v) is 1.29. The molecule has 18 heavy (non-hydrogen) atoms. The van der Waals surface area contributed by atoms with Gasteiger partial charge in [-0.3, -0.25) is 0 Å². The van der Waals surface area contributed by atoms with E-state index in [0.29, 0.717) is 0 Å². The molecule has 4 N–H and O–H groups in total. The first-order valence-electron chi connectivity index (χ1n) is 6.15. The van der Waals surface area contributed by atoms with Crippen molar-refractivity contribution in [2.75, 3.05) is 43.6 Å². The summed E-state index contributed by atoms with van der Waals surface area (Å²) in [5.41, 5.74) is 5.72. The molecule has 0 bridgehead atoms. The molecule has 0 atom stereocenters. The minimum absolute atomic E-state index is 0.0397. The average molecular weight is 252 g/mol. The maximum absolute atomic E-state index is 5.68. The van der Waals surface area contributed by atoms with Crippen LogP contribution < -0.4 is 16.4 Å². The van der Waals surface area contributed by atoms with Crippen LogP contribution in [0.2, 0.25) is 0 Å². The predicted molar refractivity (Wildman–Crippen MR) is 76.9 cm³/mol. The van der Waals surface area contributed by atoms with E-state index >= 15 is 0 Å². The van der Waals surface area contributed by atoms with Crippen molar-refractivity contribution >= 4 is 17.6 Å². The molecule has 0 aromatic carbocycles. The molecule has 0 fully saturated rings. The Hall–Kier alpha value is -1.56. The van der Waals surface area contributed by atoms with Crippen LogP contribution in [0.3, 0.4) is 0 Å². The smallest absolute Gasteiger partial charge is 0.223 e. The second kappa shape index (κ2) is 5.86.